The first-order valence-electron chi connectivity index (χ1n) is 21.1. The highest BCUT2D eigenvalue weighted by molar-refractivity contribution is 5.96. The van der Waals surface area contributed by atoms with E-state index in [-0.39, 0.29) is 43.6 Å². The lowest BCUT2D eigenvalue weighted by molar-refractivity contribution is -0.147. The highest BCUT2D eigenvalue weighted by atomic mass is 16.5. The molecular weight excluding hydrogens is 690 g/mol. The van der Waals surface area contributed by atoms with Crippen molar-refractivity contribution in [2.45, 2.75) is 166 Å². The molecule has 0 aromatic carbocycles. The van der Waals surface area contributed by atoms with Crippen molar-refractivity contribution in [3.63, 3.8) is 0 Å². The minimum absolute atomic E-state index is 0.0528. The molecule has 308 valence electrons. The van der Waals surface area contributed by atoms with E-state index < -0.39 is 60.0 Å². The van der Waals surface area contributed by atoms with E-state index in [1.165, 1.54) is 11.3 Å². The maximum absolute atomic E-state index is 14.3. The fraction of sp³-hybridized carbons (Fsp3) is 0.875. The number of hydrogen-bond donors (Lipinski definition) is 6. The van der Waals surface area contributed by atoms with Gasteiger partial charge in [-0.3, -0.25) is 24.0 Å². The Balaban J connectivity index is 1.66. The summed E-state index contributed by atoms with van der Waals surface area (Å²) < 4.78 is 12.7. The fourth-order valence-corrected chi connectivity index (χ4v) is 8.66. The first-order chi connectivity index (χ1) is 26.0. The summed E-state index contributed by atoms with van der Waals surface area (Å²) in [5.74, 6) is -2.41. The summed E-state index contributed by atoms with van der Waals surface area (Å²) in [4.78, 5) is 71.9. The van der Waals surface area contributed by atoms with Crippen LogP contribution in [0, 0.1) is 17.8 Å². The zero-order valence-electron chi connectivity index (χ0n) is 33.5. The van der Waals surface area contributed by atoms with Gasteiger partial charge < -0.3 is 46.7 Å². The summed E-state index contributed by atoms with van der Waals surface area (Å²) in [6, 6.07) is -4.38. The molecular formula is C40H71N7O7. The van der Waals surface area contributed by atoms with Crippen molar-refractivity contribution in [2.75, 3.05) is 39.9 Å². The molecule has 2 heterocycles. The molecule has 7 atom stereocenters. The first-order valence-corrected chi connectivity index (χ1v) is 21.1. The van der Waals surface area contributed by atoms with Gasteiger partial charge in [-0.1, -0.05) is 78.1 Å². The smallest absolute Gasteiger partial charge is 0.245 e. The molecule has 2 aliphatic carbocycles. The van der Waals surface area contributed by atoms with E-state index in [2.05, 4.69) is 26.6 Å². The molecule has 4 fully saturated rings. The quantitative estimate of drug-likeness (QED) is 0.191. The number of nitrogens with two attached hydrogens (primary N) is 1. The van der Waals surface area contributed by atoms with Gasteiger partial charge in [0.05, 0.1) is 31.3 Å². The van der Waals surface area contributed by atoms with Gasteiger partial charge in [0.25, 0.3) is 0 Å². The number of ether oxygens (including phenoxy) is 2. The van der Waals surface area contributed by atoms with Crippen LogP contribution >= 0.6 is 0 Å². The molecule has 0 radical (unpaired) electrons. The van der Waals surface area contributed by atoms with Gasteiger partial charge >= 0.3 is 0 Å². The van der Waals surface area contributed by atoms with Crippen LogP contribution in [0.5, 0.6) is 0 Å². The predicted octanol–water partition coefficient (Wildman–Crippen LogP) is 2.28. The third-order valence-corrected chi connectivity index (χ3v) is 12.1. The highest BCUT2D eigenvalue weighted by Gasteiger charge is 2.39. The van der Waals surface area contributed by atoms with Gasteiger partial charge in [-0.15, -0.1) is 0 Å². The molecule has 5 amide bonds. The second kappa shape index (κ2) is 22.7. The van der Waals surface area contributed by atoms with Crippen LogP contribution in [-0.2, 0) is 33.4 Å². The number of piperidine rings is 1. The van der Waals surface area contributed by atoms with Crippen LogP contribution in [0.1, 0.15) is 124 Å². The second-order valence-electron chi connectivity index (χ2n) is 16.4. The van der Waals surface area contributed by atoms with Gasteiger partial charge in [-0.05, 0) is 70.4 Å². The van der Waals surface area contributed by atoms with Crippen molar-refractivity contribution in [3.8, 4) is 0 Å². The monoisotopic (exact) mass is 762 g/mol. The third kappa shape index (κ3) is 13.2. The molecule has 7 N–H and O–H groups in total. The van der Waals surface area contributed by atoms with Crippen LogP contribution in [0.4, 0.5) is 0 Å². The molecule has 4 aliphatic rings. The van der Waals surface area contributed by atoms with Crippen molar-refractivity contribution < 1.29 is 33.4 Å². The van der Waals surface area contributed by atoms with E-state index in [0.717, 1.165) is 90.1 Å². The Morgan fingerprint density at radius 1 is 0.759 bits per heavy atom. The van der Waals surface area contributed by atoms with Crippen LogP contribution in [0.25, 0.3) is 0 Å². The van der Waals surface area contributed by atoms with Gasteiger partial charge in [-0.2, -0.15) is 0 Å². The standard InChI is InChI=1S/C40H71N7O7/c1-5-13-33-38(50)46-35(29-16-11-6-7-12-17-29)39(51)44-31(23-41)36(48)45-32(25-53-30-18-20-42-21-19-30)37(49)43-26(2)24-54-34(27(3)40(52)47(33)4)22-28-14-9-8-10-15-28/h26-35,42H,5-25,41H2,1-4H3,(H,43,49)(H,44,51)(H,45,48)(H,46,50)/t26-,27-,31+,32+,33+,34-,35+/m1/s1. The number of carbonyl (C=O) groups is 5. The molecule has 4 rings (SSSR count). The average Bonchev–Trinajstić information content (AvgIpc) is 3.47. The Morgan fingerprint density at radius 3 is 2.02 bits per heavy atom. The van der Waals surface area contributed by atoms with Crippen LogP contribution < -0.4 is 32.3 Å². The highest BCUT2D eigenvalue weighted by Crippen LogP contribution is 2.31. The number of hydrogen-bond acceptors (Lipinski definition) is 9. The third-order valence-electron chi connectivity index (χ3n) is 12.1. The lowest BCUT2D eigenvalue weighted by Crippen LogP contribution is -2.62. The Kier molecular flexibility index (Phi) is 18.4. The Morgan fingerprint density at radius 2 is 1.37 bits per heavy atom. The molecule has 2 saturated heterocycles. The van der Waals surface area contributed by atoms with E-state index in [1.807, 2.05) is 20.8 Å². The molecule has 0 aromatic heterocycles. The topological polar surface area (TPSA) is 193 Å². The van der Waals surface area contributed by atoms with Gasteiger partial charge in [0.2, 0.25) is 29.5 Å². The molecule has 0 aromatic rings. The lowest BCUT2D eigenvalue weighted by atomic mass is 9.82. The largest absolute Gasteiger partial charge is 0.375 e. The second-order valence-corrected chi connectivity index (χ2v) is 16.4. The molecule has 14 nitrogen and oxygen atoms in total. The first kappa shape index (κ1) is 43.9. The maximum atomic E-state index is 14.3. The van der Waals surface area contributed by atoms with Crippen molar-refractivity contribution in [3.05, 3.63) is 0 Å². The van der Waals surface area contributed by atoms with Crippen LogP contribution in [0.2, 0.25) is 0 Å². The normalized spacial score (nSPS) is 32.0. The number of nitrogens with zero attached hydrogens (tertiary/aromatic N) is 1. The van der Waals surface area contributed by atoms with Crippen molar-refractivity contribution in [2.24, 2.45) is 23.5 Å². The van der Waals surface area contributed by atoms with Gasteiger partial charge in [-0.25, -0.2) is 0 Å². The molecule has 0 spiro atoms. The van der Waals surface area contributed by atoms with Gasteiger partial charge in [0.1, 0.15) is 24.2 Å². The average molecular weight is 762 g/mol. The number of amides is 5. The van der Waals surface area contributed by atoms with E-state index in [9.17, 15) is 24.0 Å². The van der Waals surface area contributed by atoms with E-state index in [4.69, 9.17) is 15.2 Å². The molecule has 2 aliphatic heterocycles. The van der Waals surface area contributed by atoms with Gasteiger partial charge in [0, 0.05) is 19.6 Å². The van der Waals surface area contributed by atoms with E-state index in [0.29, 0.717) is 25.2 Å². The summed E-state index contributed by atoms with van der Waals surface area (Å²) in [7, 11) is 1.67. The van der Waals surface area contributed by atoms with Crippen LogP contribution in [-0.4, -0.2) is 117 Å². The predicted molar refractivity (Wildman–Crippen MR) is 207 cm³/mol. The molecule has 54 heavy (non-hydrogen) atoms. The fourth-order valence-electron chi connectivity index (χ4n) is 8.66. The van der Waals surface area contributed by atoms with Crippen LogP contribution in [0.15, 0.2) is 0 Å². The van der Waals surface area contributed by atoms with Crippen LogP contribution in [0.3, 0.4) is 0 Å². The summed E-state index contributed by atoms with van der Waals surface area (Å²) in [6.45, 7) is 7.18. The summed E-state index contributed by atoms with van der Waals surface area (Å²) >= 11 is 0. The minimum Gasteiger partial charge on any atom is -0.375 e. The van der Waals surface area contributed by atoms with Crippen molar-refractivity contribution in [1.29, 1.82) is 0 Å². The van der Waals surface area contributed by atoms with Gasteiger partial charge in [0.15, 0.2) is 0 Å². The zero-order valence-corrected chi connectivity index (χ0v) is 33.5. The Hall–Kier alpha value is -2.81. The SMILES string of the molecule is CCC[C@H]1C(=O)N[C@@H](C2CCCCCC2)C(=O)N[C@@H](CN)C(=O)N[C@@H](COC2CCNCC2)C(=O)N[C@H](C)CO[C@H](CC2CCCCC2)[C@@H](C)C(=O)N1C. The molecule has 2 saturated carbocycles. The lowest BCUT2D eigenvalue weighted by Gasteiger charge is -2.35. The number of nitrogens with one attached hydrogen (secondary N) is 5. The summed E-state index contributed by atoms with van der Waals surface area (Å²) in [5, 5.41) is 15.0. The Labute approximate surface area is 323 Å². The maximum Gasteiger partial charge on any atom is 0.245 e. The number of rotatable bonds is 9. The summed E-state index contributed by atoms with van der Waals surface area (Å²) in [6.07, 6.45) is 14.0. The molecule has 14 heteroatoms. The Bertz CT molecular complexity index is 1200. The molecule has 0 bridgehead atoms. The van der Waals surface area contributed by atoms with Crippen molar-refractivity contribution >= 4 is 29.5 Å². The number of carbonyl (C=O) groups excluding carboxylic acids is 5. The molecule has 0 unspecified atom stereocenters. The zero-order chi connectivity index (χ0) is 39.0. The van der Waals surface area contributed by atoms with Crippen molar-refractivity contribution in [1.82, 2.24) is 31.5 Å². The van der Waals surface area contributed by atoms with E-state index in [1.54, 1.807) is 7.05 Å². The summed E-state index contributed by atoms with van der Waals surface area (Å²) in [5.41, 5.74) is 6.09. The van der Waals surface area contributed by atoms with E-state index >= 15 is 0 Å². The number of likely N-dealkylation sites (N-methyl/N-ethyl adjacent to an activating group) is 1. The minimum atomic E-state index is -1.16.